The Bertz CT molecular complexity index is 491. The summed E-state index contributed by atoms with van der Waals surface area (Å²) in [5.41, 5.74) is 0. The predicted octanol–water partition coefficient (Wildman–Crippen LogP) is 2.92. The lowest BCUT2D eigenvalue weighted by Crippen LogP contribution is -2.43. The Hall–Kier alpha value is -1.02. The molecule has 1 heterocycles. The van der Waals surface area contributed by atoms with Gasteiger partial charge in [0.05, 0.1) is 6.54 Å². The van der Waals surface area contributed by atoms with Crippen LogP contribution in [0.1, 0.15) is 19.8 Å². The summed E-state index contributed by atoms with van der Waals surface area (Å²) in [7, 11) is 3.89. The number of benzene rings is 1. The summed E-state index contributed by atoms with van der Waals surface area (Å²) in [5.74, 6) is 2.46. The van der Waals surface area contributed by atoms with E-state index >= 15 is 0 Å². The number of hydrogen-bond donors (Lipinski definition) is 1. The third-order valence-electron chi connectivity index (χ3n) is 4.39. The van der Waals surface area contributed by atoms with Crippen molar-refractivity contribution >= 4 is 29.9 Å². The van der Waals surface area contributed by atoms with E-state index in [1.165, 1.54) is 32.5 Å². The number of guanidine groups is 1. The van der Waals surface area contributed by atoms with E-state index in [2.05, 4.69) is 34.1 Å². The molecule has 0 bridgehead atoms. The predicted molar refractivity (Wildman–Crippen MR) is 116 cm³/mol. The van der Waals surface area contributed by atoms with Gasteiger partial charge in [0.15, 0.2) is 5.96 Å². The number of likely N-dealkylation sites (N-methyl/N-ethyl adjacent to an activating group) is 1. The highest BCUT2D eigenvalue weighted by atomic mass is 127. The van der Waals surface area contributed by atoms with Crippen LogP contribution < -0.4 is 10.1 Å². The number of halogens is 1. The Morgan fingerprint density at radius 1 is 1.28 bits per heavy atom. The summed E-state index contributed by atoms with van der Waals surface area (Å²) in [4.78, 5) is 9.06. The maximum absolute atomic E-state index is 5.75. The molecule has 1 aliphatic heterocycles. The van der Waals surface area contributed by atoms with Gasteiger partial charge in [-0.05, 0) is 44.0 Å². The molecular formula is C19H33IN4O. The third-order valence-corrected chi connectivity index (χ3v) is 4.39. The zero-order valence-corrected chi connectivity index (χ0v) is 18.1. The number of hydrogen-bond acceptors (Lipinski definition) is 3. The van der Waals surface area contributed by atoms with E-state index < -0.39 is 0 Å². The Morgan fingerprint density at radius 2 is 1.96 bits per heavy atom. The maximum atomic E-state index is 5.75. The van der Waals surface area contributed by atoms with Gasteiger partial charge in [0.1, 0.15) is 12.4 Å². The van der Waals surface area contributed by atoms with E-state index in [1.54, 1.807) is 0 Å². The largest absolute Gasteiger partial charge is 0.492 e. The van der Waals surface area contributed by atoms with Crippen molar-refractivity contribution in [2.75, 3.05) is 53.4 Å². The van der Waals surface area contributed by atoms with Crippen LogP contribution in [0.15, 0.2) is 35.3 Å². The Labute approximate surface area is 169 Å². The van der Waals surface area contributed by atoms with Gasteiger partial charge in [-0.15, -0.1) is 24.0 Å². The van der Waals surface area contributed by atoms with Crippen LogP contribution in [-0.4, -0.2) is 69.2 Å². The number of likely N-dealkylation sites (tertiary alicyclic amines) is 1. The van der Waals surface area contributed by atoms with Gasteiger partial charge in [-0.2, -0.15) is 0 Å². The molecule has 5 nitrogen and oxygen atoms in total. The van der Waals surface area contributed by atoms with E-state index in [9.17, 15) is 0 Å². The van der Waals surface area contributed by atoms with Gasteiger partial charge >= 0.3 is 0 Å². The number of para-hydroxylation sites is 1. The molecule has 2 rings (SSSR count). The summed E-state index contributed by atoms with van der Waals surface area (Å²) in [6.45, 7) is 8.39. The van der Waals surface area contributed by atoms with Crippen LogP contribution in [0.4, 0.5) is 0 Å². The van der Waals surface area contributed by atoms with Crippen LogP contribution in [0.3, 0.4) is 0 Å². The van der Waals surface area contributed by atoms with Crippen LogP contribution in [0.25, 0.3) is 0 Å². The molecule has 0 saturated carbocycles. The Kier molecular flexibility index (Phi) is 10.9. The Balaban J connectivity index is 0.00000312. The van der Waals surface area contributed by atoms with Gasteiger partial charge in [0.2, 0.25) is 0 Å². The second-order valence-corrected chi connectivity index (χ2v) is 6.62. The summed E-state index contributed by atoms with van der Waals surface area (Å²) in [6, 6.07) is 9.93. The molecule has 1 N–H and O–H groups in total. The molecule has 25 heavy (non-hydrogen) atoms. The van der Waals surface area contributed by atoms with Crippen LogP contribution in [0.5, 0.6) is 5.75 Å². The van der Waals surface area contributed by atoms with Gasteiger partial charge in [-0.25, -0.2) is 0 Å². The molecule has 142 valence electrons. The minimum Gasteiger partial charge on any atom is -0.492 e. The van der Waals surface area contributed by atoms with Gasteiger partial charge in [-0.3, -0.25) is 4.99 Å². The lowest BCUT2D eigenvalue weighted by molar-refractivity contribution is 0.275. The second-order valence-electron chi connectivity index (χ2n) is 6.62. The molecule has 0 amide bonds. The lowest BCUT2D eigenvalue weighted by atomic mass is 10.1. The molecule has 0 aromatic heterocycles. The molecule has 0 aliphatic carbocycles. The quantitative estimate of drug-likeness (QED) is 0.368. The maximum Gasteiger partial charge on any atom is 0.193 e. The van der Waals surface area contributed by atoms with Crippen molar-refractivity contribution in [3.05, 3.63) is 30.3 Å². The summed E-state index contributed by atoms with van der Waals surface area (Å²) < 4.78 is 5.75. The molecule has 1 fully saturated rings. The van der Waals surface area contributed by atoms with Crippen molar-refractivity contribution in [1.82, 2.24) is 15.1 Å². The molecule has 1 atom stereocenters. The highest BCUT2D eigenvalue weighted by Crippen LogP contribution is 2.10. The van der Waals surface area contributed by atoms with E-state index in [4.69, 9.17) is 4.74 Å². The molecule has 1 unspecified atom stereocenters. The molecule has 1 aromatic carbocycles. The molecule has 0 spiro atoms. The minimum atomic E-state index is 0. The third kappa shape index (κ3) is 8.27. The van der Waals surface area contributed by atoms with Crippen molar-refractivity contribution in [3.8, 4) is 5.75 Å². The number of aliphatic imine (C=N–C) groups is 1. The van der Waals surface area contributed by atoms with Gasteiger partial charge in [0.25, 0.3) is 0 Å². The van der Waals surface area contributed by atoms with Gasteiger partial charge in [0, 0.05) is 27.2 Å². The van der Waals surface area contributed by atoms with Crippen molar-refractivity contribution in [1.29, 1.82) is 0 Å². The van der Waals surface area contributed by atoms with Gasteiger partial charge < -0.3 is 19.9 Å². The van der Waals surface area contributed by atoms with Crippen LogP contribution in [0, 0.1) is 5.92 Å². The van der Waals surface area contributed by atoms with Crippen molar-refractivity contribution in [2.24, 2.45) is 10.9 Å². The first-order valence-electron chi connectivity index (χ1n) is 9.01. The standard InChI is InChI=1S/C19H32N4O.HI/c1-17(16-23-11-7-8-12-23)15-21-19(20-2)22(3)13-14-24-18-9-5-4-6-10-18;/h4-6,9-10,17H,7-8,11-16H2,1-3H3,(H,20,21);1H. The molecular weight excluding hydrogens is 427 g/mol. The normalized spacial score (nSPS) is 16.2. The highest BCUT2D eigenvalue weighted by Gasteiger charge is 2.15. The Morgan fingerprint density at radius 3 is 2.60 bits per heavy atom. The van der Waals surface area contributed by atoms with Crippen molar-refractivity contribution in [3.63, 3.8) is 0 Å². The van der Waals surface area contributed by atoms with Crippen LogP contribution in [-0.2, 0) is 0 Å². The second kappa shape index (κ2) is 12.4. The first-order chi connectivity index (χ1) is 11.7. The fourth-order valence-corrected chi connectivity index (χ4v) is 3.04. The SMILES string of the molecule is CN=C(NCC(C)CN1CCCC1)N(C)CCOc1ccccc1.I. The number of nitrogens with one attached hydrogen (secondary N) is 1. The van der Waals surface area contributed by atoms with Crippen molar-refractivity contribution in [2.45, 2.75) is 19.8 Å². The van der Waals surface area contributed by atoms with Crippen LogP contribution in [0.2, 0.25) is 0 Å². The first-order valence-corrected chi connectivity index (χ1v) is 9.01. The van der Waals surface area contributed by atoms with Gasteiger partial charge in [-0.1, -0.05) is 25.1 Å². The minimum absolute atomic E-state index is 0. The smallest absolute Gasteiger partial charge is 0.193 e. The number of rotatable bonds is 8. The summed E-state index contributed by atoms with van der Waals surface area (Å²) in [6.07, 6.45) is 2.71. The molecule has 1 aromatic rings. The summed E-state index contributed by atoms with van der Waals surface area (Å²) >= 11 is 0. The van der Waals surface area contributed by atoms with E-state index in [-0.39, 0.29) is 24.0 Å². The highest BCUT2D eigenvalue weighted by molar-refractivity contribution is 14.0. The summed E-state index contributed by atoms with van der Waals surface area (Å²) in [5, 5.41) is 3.49. The average molecular weight is 460 g/mol. The number of ether oxygens (including phenoxy) is 1. The lowest BCUT2D eigenvalue weighted by Gasteiger charge is -2.25. The molecule has 6 heteroatoms. The van der Waals surface area contributed by atoms with E-state index in [1.807, 2.05) is 37.4 Å². The monoisotopic (exact) mass is 460 g/mol. The molecule has 0 radical (unpaired) electrons. The van der Waals surface area contributed by atoms with E-state index in [0.29, 0.717) is 12.5 Å². The zero-order valence-electron chi connectivity index (χ0n) is 15.8. The zero-order chi connectivity index (χ0) is 17.2. The number of nitrogens with zero attached hydrogens (tertiary/aromatic N) is 3. The van der Waals surface area contributed by atoms with Crippen molar-refractivity contribution < 1.29 is 4.74 Å². The average Bonchev–Trinajstić information content (AvgIpc) is 3.09. The van der Waals surface area contributed by atoms with E-state index in [0.717, 1.165) is 24.8 Å². The fraction of sp³-hybridized carbons (Fsp3) is 0.632. The fourth-order valence-electron chi connectivity index (χ4n) is 3.04. The topological polar surface area (TPSA) is 40.1 Å². The molecule has 1 aliphatic rings. The van der Waals surface area contributed by atoms with Crippen LogP contribution >= 0.6 is 24.0 Å². The molecule has 1 saturated heterocycles. The first kappa shape index (κ1) is 22.0.